The maximum Gasteiger partial charge on any atom is 0.123 e. The van der Waals surface area contributed by atoms with Crippen molar-refractivity contribution in [3.8, 4) is 0 Å². The molecule has 0 amide bonds. The van der Waals surface area contributed by atoms with E-state index in [2.05, 4.69) is 6.58 Å². The molecule has 0 aromatic heterocycles. The Labute approximate surface area is 43.0 Å². The largest absolute Gasteiger partial charge is 0.303 e. The highest BCUT2D eigenvalue weighted by molar-refractivity contribution is 5.58. The highest BCUT2D eigenvalue weighted by atomic mass is 16.1. The minimum atomic E-state index is 0.317. The van der Waals surface area contributed by atoms with E-state index < -0.39 is 0 Å². The maximum atomic E-state index is 9.89. The molecule has 1 nitrogen and oxygen atoms in total. The fourth-order valence-electron chi connectivity index (χ4n) is 0.663. The van der Waals surface area contributed by atoms with Gasteiger partial charge in [-0.15, -0.1) is 6.58 Å². The molecule has 0 aromatic rings. The Kier molecular flexibility index (Phi) is 0.970. The second kappa shape index (κ2) is 1.49. The number of hydrogen-bond acceptors (Lipinski definition) is 1. The lowest BCUT2D eigenvalue weighted by molar-refractivity contribution is -0.109. The first-order chi connectivity index (χ1) is 3.38. The molecule has 0 spiro atoms. The summed E-state index contributed by atoms with van der Waals surface area (Å²) < 4.78 is 0. The van der Waals surface area contributed by atoms with Gasteiger partial charge in [-0.3, -0.25) is 0 Å². The van der Waals surface area contributed by atoms with Gasteiger partial charge in [0, 0.05) is 5.92 Å². The van der Waals surface area contributed by atoms with Crippen LogP contribution in [0.5, 0.6) is 0 Å². The van der Waals surface area contributed by atoms with Crippen LogP contribution in [0.2, 0.25) is 0 Å². The number of allylic oxidation sites excluding steroid dienone is 1. The van der Waals surface area contributed by atoms with Crippen LogP contribution in [-0.4, -0.2) is 6.29 Å². The SMILES string of the molecule is C=C[C@@H]1CC1C=O. The van der Waals surface area contributed by atoms with Crippen molar-refractivity contribution in [3.05, 3.63) is 12.7 Å². The summed E-state index contributed by atoms with van der Waals surface area (Å²) in [4.78, 5) is 9.89. The molecule has 1 aliphatic rings. The quantitative estimate of drug-likeness (QED) is 0.370. The third-order valence-electron chi connectivity index (χ3n) is 1.37. The van der Waals surface area contributed by atoms with Crippen LogP contribution in [0.25, 0.3) is 0 Å². The molecule has 0 aromatic carbocycles. The molecule has 1 fully saturated rings. The van der Waals surface area contributed by atoms with Gasteiger partial charge < -0.3 is 4.79 Å². The minimum absolute atomic E-state index is 0.317. The van der Waals surface area contributed by atoms with Gasteiger partial charge in [-0.05, 0) is 12.3 Å². The van der Waals surface area contributed by atoms with Gasteiger partial charge in [0.2, 0.25) is 0 Å². The van der Waals surface area contributed by atoms with Crippen molar-refractivity contribution in [1.82, 2.24) is 0 Å². The zero-order chi connectivity index (χ0) is 5.28. The third-order valence-corrected chi connectivity index (χ3v) is 1.37. The number of carbonyl (C=O) groups excluding carboxylic acids is 1. The van der Waals surface area contributed by atoms with E-state index >= 15 is 0 Å². The molecule has 38 valence electrons. The highest BCUT2D eigenvalue weighted by Crippen LogP contribution is 2.36. The van der Waals surface area contributed by atoms with E-state index in [-0.39, 0.29) is 0 Å². The van der Waals surface area contributed by atoms with Crippen LogP contribution in [0.4, 0.5) is 0 Å². The fourth-order valence-corrected chi connectivity index (χ4v) is 0.663. The van der Waals surface area contributed by atoms with Gasteiger partial charge in [-0.2, -0.15) is 0 Å². The summed E-state index contributed by atoms with van der Waals surface area (Å²) in [5.41, 5.74) is 0. The molecule has 0 saturated heterocycles. The molecule has 0 radical (unpaired) electrons. The van der Waals surface area contributed by atoms with Crippen LogP contribution < -0.4 is 0 Å². The standard InChI is InChI=1S/C6H8O/c1-2-5-3-6(5)4-7/h2,4-6H,1,3H2/t5-,6?/m1/s1. The maximum absolute atomic E-state index is 9.89. The van der Waals surface area contributed by atoms with Crippen LogP contribution in [0, 0.1) is 11.8 Å². The zero-order valence-corrected chi connectivity index (χ0v) is 4.13. The smallest absolute Gasteiger partial charge is 0.123 e. The molecule has 1 saturated carbocycles. The summed E-state index contributed by atoms with van der Waals surface area (Å²) in [7, 11) is 0. The molecule has 1 rings (SSSR count). The molecular formula is C6H8O. The lowest BCUT2D eigenvalue weighted by atomic mass is 10.3. The van der Waals surface area contributed by atoms with Crippen molar-refractivity contribution < 1.29 is 4.79 Å². The summed E-state index contributed by atoms with van der Waals surface area (Å²) in [6.45, 7) is 3.56. The first-order valence-corrected chi connectivity index (χ1v) is 2.46. The van der Waals surface area contributed by atoms with Crippen molar-refractivity contribution in [1.29, 1.82) is 0 Å². The average molecular weight is 96.1 g/mol. The van der Waals surface area contributed by atoms with Crippen LogP contribution in [-0.2, 0) is 4.79 Å². The normalized spacial score (nSPS) is 37.1. The van der Waals surface area contributed by atoms with Gasteiger partial charge in [-0.25, -0.2) is 0 Å². The zero-order valence-electron chi connectivity index (χ0n) is 4.13. The van der Waals surface area contributed by atoms with Gasteiger partial charge in [-0.1, -0.05) is 6.08 Å². The van der Waals surface area contributed by atoms with Gasteiger partial charge in [0.15, 0.2) is 0 Å². The molecule has 0 aliphatic heterocycles. The van der Waals surface area contributed by atoms with Crippen LogP contribution in [0.15, 0.2) is 12.7 Å². The summed E-state index contributed by atoms with van der Waals surface area (Å²) in [5, 5.41) is 0. The number of carbonyl (C=O) groups is 1. The predicted molar refractivity (Wildman–Crippen MR) is 27.9 cm³/mol. The van der Waals surface area contributed by atoms with E-state index in [9.17, 15) is 4.79 Å². The molecule has 7 heavy (non-hydrogen) atoms. The molecule has 1 heteroatoms. The summed E-state index contributed by atoms with van der Waals surface area (Å²) >= 11 is 0. The summed E-state index contributed by atoms with van der Waals surface area (Å²) in [6, 6.07) is 0. The molecule has 2 atom stereocenters. The van der Waals surface area contributed by atoms with Gasteiger partial charge >= 0.3 is 0 Å². The van der Waals surface area contributed by atoms with E-state index in [1.165, 1.54) is 0 Å². The molecular weight excluding hydrogens is 88.1 g/mol. The number of hydrogen-bond donors (Lipinski definition) is 0. The van der Waals surface area contributed by atoms with Crippen LogP contribution >= 0.6 is 0 Å². The molecule has 0 bridgehead atoms. The second-order valence-corrected chi connectivity index (χ2v) is 1.94. The lowest BCUT2D eigenvalue weighted by Gasteiger charge is -1.72. The van der Waals surface area contributed by atoms with E-state index in [1.807, 2.05) is 6.08 Å². The predicted octanol–water partition coefficient (Wildman–Crippen LogP) is 1.01. The van der Waals surface area contributed by atoms with Crippen LogP contribution in [0.1, 0.15) is 6.42 Å². The minimum Gasteiger partial charge on any atom is -0.303 e. The first-order valence-electron chi connectivity index (χ1n) is 2.46. The van der Waals surface area contributed by atoms with Crippen molar-refractivity contribution >= 4 is 6.29 Å². The Hall–Kier alpha value is -0.590. The van der Waals surface area contributed by atoms with Crippen molar-refractivity contribution in [2.45, 2.75) is 6.42 Å². The Morgan fingerprint density at radius 2 is 2.29 bits per heavy atom. The second-order valence-electron chi connectivity index (χ2n) is 1.94. The first kappa shape index (κ1) is 4.57. The third kappa shape index (κ3) is 0.710. The van der Waals surface area contributed by atoms with E-state index in [1.54, 1.807) is 0 Å². The average Bonchev–Trinajstić information content (AvgIpc) is 2.43. The molecule has 1 aliphatic carbocycles. The topological polar surface area (TPSA) is 17.1 Å². The number of rotatable bonds is 2. The van der Waals surface area contributed by atoms with Gasteiger partial charge in [0.05, 0.1) is 0 Å². The van der Waals surface area contributed by atoms with Crippen molar-refractivity contribution in [2.24, 2.45) is 11.8 Å². The highest BCUT2D eigenvalue weighted by Gasteiger charge is 2.33. The molecule has 1 unspecified atom stereocenters. The Morgan fingerprint density at radius 3 is 2.43 bits per heavy atom. The van der Waals surface area contributed by atoms with Gasteiger partial charge in [0.25, 0.3) is 0 Å². The van der Waals surface area contributed by atoms with Crippen molar-refractivity contribution in [2.75, 3.05) is 0 Å². The Morgan fingerprint density at radius 1 is 1.57 bits per heavy atom. The molecule has 0 heterocycles. The van der Waals surface area contributed by atoms with E-state index in [0.29, 0.717) is 11.8 Å². The van der Waals surface area contributed by atoms with Gasteiger partial charge in [0.1, 0.15) is 6.29 Å². The Balaban J connectivity index is 2.30. The van der Waals surface area contributed by atoms with E-state index in [4.69, 9.17) is 0 Å². The number of aldehydes is 1. The monoisotopic (exact) mass is 96.1 g/mol. The van der Waals surface area contributed by atoms with E-state index in [0.717, 1.165) is 12.7 Å². The van der Waals surface area contributed by atoms with Crippen LogP contribution in [0.3, 0.4) is 0 Å². The fraction of sp³-hybridized carbons (Fsp3) is 0.500. The molecule has 0 N–H and O–H groups in total. The lowest BCUT2D eigenvalue weighted by Crippen LogP contribution is -1.75. The summed E-state index contributed by atoms with van der Waals surface area (Å²) in [6.07, 6.45) is 3.89. The Bertz CT molecular complexity index is 84.4. The summed E-state index contributed by atoms with van der Waals surface area (Å²) in [5.74, 6) is 0.829. The van der Waals surface area contributed by atoms with Crippen molar-refractivity contribution in [3.63, 3.8) is 0 Å².